The molecular formula is C19H17ClFNO3. The molecule has 0 bridgehead atoms. The average Bonchev–Trinajstić information content (AvgIpc) is 3.03. The molecule has 1 N–H and O–H groups in total. The minimum absolute atomic E-state index is 0.0813. The molecule has 0 aromatic heterocycles. The van der Waals surface area contributed by atoms with E-state index in [9.17, 15) is 14.0 Å². The highest BCUT2D eigenvalue weighted by Gasteiger charge is 2.14. The second kappa shape index (κ2) is 7.66. The minimum atomic E-state index is -0.532. The van der Waals surface area contributed by atoms with E-state index in [2.05, 4.69) is 5.32 Å². The zero-order valence-electron chi connectivity index (χ0n) is 13.5. The van der Waals surface area contributed by atoms with Gasteiger partial charge >= 0.3 is 5.97 Å². The van der Waals surface area contributed by atoms with E-state index >= 15 is 0 Å². The van der Waals surface area contributed by atoms with E-state index in [-0.39, 0.29) is 17.1 Å². The van der Waals surface area contributed by atoms with Crippen molar-refractivity contribution in [3.05, 3.63) is 63.9 Å². The molecule has 2 aromatic rings. The lowest BCUT2D eigenvalue weighted by molar-refractivity contribution is -0.146. The van der Waals surface area contributed by atoms with Crippen LogP contribution in [0.1, 0.15) is 23.1 Å². The monoisotopic (exact) mass is 361 g/mol. The van der Waals surface area contributed by atoms with E-state index in [1.54, 1.807) is 0 Å². The number of halogens is 2. The highest BCUT2D eigenvalue weighted by Crippen LogP contribution is 2.23. The van der Waals surface area contributed by atoms with E-state index in [0.29, 0.717) is 0 Å². The quantitative estimate of drug-likeness (QED) is 0.826. The molecule has 2 aromatic carbocycles. The summed E-state index contributed by atoms with van der Waals surface area (Å²) in [6.45, 7) is -0.419. The van der Waals surface area contributed by atoms with Gasteiger partial charge < -0.3 is 10.1 Å². The molecule has 0 atom stereocenters. The maximum absolute atomic E-state index is 13.0. The number of fused-ring (bicyclic) bond motifs is 1. The van der Waals surface area contributed by atoms with Gasteiger partial charge in [-0.05, 0) is 54.2 Å². The molecular weight excluding hydrogens is 345 g/mol. The van der Waals surface area contributed by atoms with Crippen LogP contribution in [0.15, 0.2) is 36.4 Å². The highest BCUT2D eigenvalue weighted by molar-refractivity contribution is 6.33. The van der Waals surface area contributed by atoms with Gasteiger partial charge in [-0.3, -0.25) is 9.59 Å². The lowest BCUT2D eigenvalue weighted by Gasteiger charge is -2.09. The van der Waals surface area contributed by atoms with Crippen LogP contribution in [-0.2, 0) is 33.6 Å². The van der Waals surface area contributed by atoms with Gasteiger partial charge in [0.15, 0.2) is 6.61 Å². The van der Waals surface area contributed by atoms with Crippen molar-refractivity contribution in [1.29, 1.82) is 0 Å². The number of benzene rings is 2. The summed E-state index contributed by atoms with van der Waals surface area (Å²) in [5.41, 5.74) is 3.78. The maximum Gasteiger partial charge on any atom is 0.310 e. The van der Waals surface area contributed by atoms with E-state index in [0.717, 1.165) is 30.9 Å². The number of aryl methyl sites for hydroxylation is 2. The molecule has 0 heterocycles. The largest absolute Gasteiger partial charge is 0.455 e. The van der Waals surface area contributed by atoms with Crippen LogP contribution >= 0.6 is 11.6 Å². The Balaban J connectivity index is 1.49. The molecule has 0 fully saturated rings. The Morgan fingerprint density at radius 1 is 1.12 bits per heavy atom. The average molecular weight is 362 g/mol. The lowest BCUT2D eigenvalue weighted by atomic mass is 10.0. The molecule has 1 aliphatic carbocycles. The van der Waals surface area contributed by atoms with E-state index < -0.39 is 24.3 Å². The van der Waals surface area contributed by atoms with Crippen molar-refractivity contribution >= 4 is 29.2 Å². The Kier molecular flexibility index (Phi) is 5.34. The molecule has 0 radical (unpaired) electrons. The number of carbonyl (C=O) groups is 2. The van der Waals surface area contributed by atoms with E-state index in [1.807, 2.05) is 18.2 Å². The van der Waals surface area contributed by atoms with Crippen molar-refractivity contribution < 1.29 is 18.7 Å². The predicted molar refractivity (Wildman–Crippen MR) is 93.2 cm³/mol. The van der Waals surface area contributed by atoms with Gasteiger partial charge in [0.1, 0.15) is 5.82 Å². The number of hydrogen-bond donors (Lipinski definition) is 1. The number of amides is 1. The fourth-order valence-electron chi connectivity index (χ4n) is 2.88. The van der Waals surface area contributed by atoms with Crippen LogP contribution in [-0.4, -0.2) is 18.5 Å². The smallest absolute Gasteiger partial charge is 0.310 e. The Morgan fingerprint density at radius 3 is 2.72 bits per heavy atom. The third kappa shape index (κ3) is 4.57. The standard InChI is InChI=1S/C19H17ClFNO3/c20-16-10-15(21)6-7-17(16)22-18(23)11-25-19(24)9-12-4-5-13-2-1-3-14(13)8-12/h4-8,10H,1-3,9,11H2,(H,22,23). The topological polar surface area (TPSA) is 55.4 Å². The summed E-state index contributed by atoms with van der Waals surface area (Å²) in [5.74, 6) is -1.50. The zero-order valence-corrected chi connectivity index (χ0v) is 14.2. The molecule has 0 saturated heterocycles. The number of anilines is 1. The molecule has 130 valence electrons. The molecule has 0 aliphatic heterocycles. The molecule has 4 nitrogen and oxygen atoms in total. The van der Waals surface area contributed by atoms with Gasteiger partial charge in [-0.2, -0.15) is 0 Å². The first kappa shape index (κ1) is 17.4. The normalized spacial score (nSPS) is 12.6. The van der Waals surface area contributed by atoms with Crippen LogP contribution in [0.2, 0.25) is 5.02 Å². The number of nitrogens with one attached hydrogen (secondary N) is 1. The van der Waals surface area contributed by atoms with Crippen molar-refractivity contribution in [1.82, 2.24) is 0 Å². The first-order valence-electron chi connectivity index (χ1n) is 8.02. The van der Waals surface area contributed by atoms with Gasteiger partial charge in [-0.1, -0.05) is 29.8 Å². The van der Waals surface area contributed by atoms with Crippen molar-refractivity contribution in [2.24, 2.45) is 0 Å². The molecule has 0 saturated carbocycles. The van der Waals surface area contributed by atoms with Gasteiger partial charge in [-0.25, -0.2) is 4.39 Å². The number of esters is 1. The molecule has 25 heavy (non-hydrogen) atoms. The summed E-state index contributed by atoms with van der Waals surface area (Å²) in [4.78, 5) is 23.7. The predicted octanol–water partition coefficient (Wildman–Crippen LogP) is 3.69. The fraction of sp³-hybridized carbons (Fsp3) is 0.263. The minimum Gasteiger partial charge on any atom is -0.455 e. The number of carbonyl (C=O) groups excluding carboxylic acids is 2. The van der Waals surface area contributed by atoms with Crippen LogP contribution in [0, 0.1) is 5.82 Å². The summed E-state index contributed by atoms with van der Waals surface area (Å²) in [6, 6.07) is 9.63. The van der Waals surface area contributed by atoms with E-state index in [1.165, 1.54) is 23.3 Å². The molecule has 6 heteroatoms. The van der Waals surface area contributed by atoms with Gasteiger partial charge in [0.2, 0.25) is 0 Å². The molecule has 3 rings (SSSR count). The van der Waals surface area contributed by atoms with Crippen molar-refractivity contribution in [3.63, 3.8) is 0 Å². The molecule has 0 unspecified atom stereocenters. The Labute approximate surface area is 149 Å². The summed E-state index contributed by atoms with van der Waals surface area (Å²) >= 11 is 5.83. The van der Waals surface area contributed by atoms with Crippen LogP contribution in [0.5, 0.6) is 0 Å². The molecule has 1 amide bonds. The number of rotatable bonds is 5. The second-order valence-corrected chi connectivity index (χ2v) is 6.37. The zero-order chi connectivity index (χ0) is 17.8. The van der Waals surface area contributed by atoms with Gasteiger partial charge in [0.05, 0.1) is 17.1 Å². The third-order valence-corrected chi connectivity index (χ3v) is 4.39. The molecule has 1 aliphatic rings. The Hall–Kier alpha value is -2.40. The summed E-state index contributed by atoms with van der Waals surface area (Å²) in [5, 5.41) is 2.56. The van der Waals surface area contributed by atoms with Crippen molar-refractivity contribution in [2.75, 3.05) is 11.9 Å². The summed E-state index contributed by atoms with van der Waals surface area (Å²) in [7, 11) is 0. The van der Waals surface area contributed by atoms with Crippen LogP contribution in [0.4, 0.5) is 10.1 Å². The number of hydrogen-bond acceptors (Lipinski definition) is 3. The summed E-state index contributed by atoms with van der Waals surface area (Å²) in [6.07, 6.45) is 3.40. The van der Waals surface area contributed by atoms with Crippen LogP contribution in [0.25, 0.3) is 0 Å². The Morgan fingerprint density at radius 2 is 1.92 bits per heavy atom. The second-order valence-electron chi connectivity index (χ2n) is 5.97. The van der Waals surface area contributed by atoms with Crippen molar-refractivity contribution in [2.45, 2.75) is 25.7 Å². The van der Waals surface area contributed by atoms with Crippen LogP contribution in [0.3, 0.4) is 0 Å². The lowest BCUT2D eigenvalue weighted by Crippen LogP contribution is -2.21. The number of ether oxygens (including phenoxy) is 1. The maximum atomic E-state index is 13.0. The Bertz CT molecular complexity index is 822. The SMILES string of the molecule is O=C(COC(=O)Cc1ccc2c(c1)CCC2)Nc1ccc(F)cc1Cl. The van der Waals surface area contributed by atoms with Gasteiger partial charge in [0.25, 0.3) is 5.91 Å². The first-order chi connectivity index (χ1) is 12.0. The van der Waals surface area contributed by atoms with E-state index in [4.69, 9.17) is 16.3 Å². The highest BCUT2D eigenvalue weighted by atomic mass is 35.5. The first-order valence-corrected chi connectivity index (χ1v) is 8.40. The third-order valence-electron chi connectivity index (χ3n) is 4.08. The molecule has 0 spiro atoms. The van der Waals surface area contributed by atoms with Crippen LogP contribution < -0.4 is 5.32 Å². The van der Waals surface area contributed by atoms with Gasteiger partial charge in [0, 0.05) is 0 Å². The summed E-state index contributed by atoms with van der Waals surface area (Å²) < 4.78 is 18.0. The fourth-order valence-corrected chi connectivity index (χ4v) is 3.09. The van der Waals surface area contributed by atoms with Crippen molar-refractivity contribution in [3.8, 4) is 0 Å². The van der Waals surface area contributed by atoms with Gasteiger partial charge in [-0.15, -0.1) is 0 Å².